The van der Waals surface area contributed by atoms with Gasteiger partial charge in [0.2, 0.25) is 5.91 Å². The van der Waals surface area contributed by atoms with Gasteiger partial charge in [-0.25, -0.2) is 9.18 Å². The zero-order chi connectivity index (χ0) is 21.2. The van der Waals surface area contributed by atoms with Crippen LogP contribution in [-0.2, 0) is 21.7 Å². The van der Waals surface area contributed by atoms with Gasteiger partial charge in [-0.1, -0.05) is 50.2 Å². The lowest BCUT2D eigenvalue weighted by Crippen LogP contribution is -2.43. The molecule has 0 spiro atoms. The third-order valence-corrected chi connectivity index (χ3v) is 5.13. The number of hydrogen-bond donors (Lipinski definition) is 2. The molecule has 1 atom stereocenters. The van der Waals surface area contributed by atoms with Gasteiger partial charge >= 0.3 is 6.03 Å². The minimum absolute atomic E-state index is 0.177. The van der Waals surface area contributed by atoms with Crippen LogP contribution in [0.4, 0.5) is 9.18 Å². The number of hydrogen-bond acceptors (Lipinski definition) is 3. The maximum Gasteiger partial charge on any atom is 0.325 e. The van der Waals surface area contributed by atoms with Crippen LogP contribution in [0.3, 0.4) is 0 Å². The number of nitrogens with one attached hydrogen (secondary N) is 2. The Kier molecular flexibility index (Phi) is 5.68. The van der Waals surface area contributed by atoms with Gasteiger partial charge in [0.1, 0.15) is 17.9 Å². The number of amides is 4. The number of benzene rings is 2. The summed E-state index contributed by atoms with van der Waals surface area (Å²) >= 11 is 0. The molecule has 7 heteroatoms. The number of imide groups is 1. The van der Waals surface area contributed by atoms with Gasteiger partial charge in [-0.05, 0) is 41.7 Å². The Bertz CT molecular complexity index is 925. The molecular weight excluding hydrogens is 373 g/mol. The number of carbonyl (C=O) groups excluding carboxylic acids is 3. The first-order valence-corrected chi connectivity index (χ1v) is 9.46. The van der Waals surface area contributed by atoms with Crippen LogP contribution in [0.2, 0.25) is 0 Å². The third-order valence-electron chi connectivity index (χ3n) is 5.13. The number of rotatable bonds is 6. The van der Waals surface area contributed by atoms with Crippen molar-refractivity contribution in [1.82, 2.24) is 15.5 Å². The lowest BCUT2D eigenvalue weighted by molar-refractivity contribution is -0.134. The van der Waals surface area contributed by atoms with E-state index in [0.29, 0.717) is 17.0 Å². The van der Waals surface area contributed by atoms with Crippen molar-refractivity contribution in [2.45, 2.75) is 38.8 Å². The molecule has 0 bridgehead atoms. The molecule has 29 heavy (non-hydrogen) atoms. The highest BCUT2D eigenvalue weighted by Gasteiger charge is 2.49. The second-order valence-electron chi connectivity index (χ2n) is 7.63. The smallest absolute Gasteiger partial charge is 0.325 e. The molecule has 0 saturated carbocycles. The molecule has 1 aliphatic heterocycles. The summed E-state index contributed by atoms with van der Waals surface area (Å²) in [5, 5.41) is 5.33. The Morgan fingerprint density at radius 1 is 1.10 bits per heavy atom. The van der Waals surface area contributed by atoms with Crippen molar-refractivity contribution in [2.24, 2.45) is 0 Å². The molecule has 4 amide bonds. The van der Waals surface area contributed by atoms with Crippen LogP contribution in [0, 0.1) is 5.82 Å². The summed E-state index contributed by atoms with van der Waals surface area (Å²) < 4.78 is 12.9. The fourth-order valence-corrected chi connectivity index (χ4v) is 3.24. The van der Waals surface area contributed by atoms with E-state index in [0.717, 1.165) is 10.5 Å². The molecule has 1 heterocycles. The Labute approximate surface area is 169 Å². The van der Waals surface area contributed by atoms with Crippen molar-refractivity contribution >= 4 is 17.8 Å². The van der Waals surface area contributed by atoms with Gasteiger partial charge in [0.05, 0.1) is 0 Å². The summed E-state index contributed by atoms with van der Waals surface area (Å²) in [5.41, 5.74) is 1.29. The normalized spacial score (nSPS) is 18.9. The summed E-state index contributed by atoms with van der Waals surface area (Å²) in [6, 6.07) is 12.6. The highest BCUT2D eigenvalue weighted by atomic mass is 19.1. The Morgan fingerprint density at radius 2 is 1.72 bits per heavy atom. The van der Waals surface area contributed by atoms with Crippen molar-refractivity contribution in [3.8, 4) is 0 Å². The maximum absolute atomic E-state index is 12.9. The van der Waals surface area contributed by atoms with E-state index in [1.54, 1.807) is 19.1 Å². The van der Waals surface area contributed by atoms with Gasteiger partial charge in [-0.3, -0.25) is 14.5 Å². The Hall–Kier alpha value is -3.22. The second kappa shape index (κ2) is 8.03. The van der Waals surface area contributed by atoms with Crippen LogP contribution in [0.1, 0.15) is 43.4 Å². The van der Waals surface area contributed by atoms with E-state index >= 15 is 0 Å². The Balaban J connectivity index is 1.66. The van der Waals surface area contributed by atoms with Crippen molar-refractivity contribution in [3.63, 3.8) is 0 Å². The second-order valence-corrected chi connectivity index (χ2v) is 7.63. The van der Waals surface area contributed by atoms with Crippen molar-refractivity contribution < 1.29 is 18.8 Å². The van der Waals surface area contributed by atoms with Crippen LogP contribution in [0.25, 0.3) is 0 Å². The number of halogens is 1. The summed E-state index contributed by atoms with van der Waals surface area (Å²) in [5.74, 6) is -0.957. The van der Waals surface area contributed by atoms with Crippen LogP contribution >= 0.6 is 0 Å². The van der Waals surface area contributed by atoms with E-state index in [-0.39, 0.29) is 18.9 Å². The summed E-state index contributed by atoms with van der Waals surface area (Å²) in [6.45, 7) is 5.58. The zero-order valence-electron chi connectivity index (χ0n) is 16.7. The molecule has 0 radical (unpaired) electrons. The average Bonchev–Trinajstić information content (AvgIpc) is 2.91. The molecule has 0 aromatic heterocycles. The van der Waals surface area contributed by atoms with Crippen molar-refractivity contribution in [3.05, 3.63) is 71.0 Å². The molecule has 2 aromatic rings. The fourth-order valence-electron chi connectivity index (χ4n) is 3.24. The minimum atomic E-state index is -1.22. The van der Waals surface area contributed by atoms with Crippen molar-refractivity contribution in [1.29, 1.82) is 0 Å². The quantitative estimate of drug-likeness (QED) is 0.736. The zero-order valence-corrected chi connectivity index (χ0v) is 16.7. The minimum Gasteiger partial charge on any atom is -0.350 e. The average molecular weight is 397 g/mol. The highest BCUT2D eigenvalue weighted by Crippen LogP contribution is 2.29. The molecule has 0 aliphatic carbocycles. The van der Waals surface area contributed by atoms with Crippen LogP contribution in [0.5, 0.6) is 0 Å². The topological polar surface area (TPSA) is 78.5 Å². The molecule has 1 fully saturated rings. The number of urea groups is 1. The molecule has 1 aliphatic rings. The van der Waals surface area contributed by atoms with E-state index in [2.05, 4.69) is 24.5 Å². The predicted molar refractivity (Wildman–Crippen MR) is 106 cm³/mol. The highest BCUT2D eigenvalue weighted by molar-refractivity contribution is 6.09. The summed E-state index contributed by atoms with van der Waals surface area (Å²) in [7, 11) is 0. The molecule has 2 N–H and O–H groups in total. The van der Waals surface area contributed by atoms with E-state index < -0.39 is 23.4 Å². The number of carbonyl (C=O) groups is 3. The molecule has 152 valence electrons. The van der Waals surface area contributed by atoms with Crippen LogP contribution < -0.4 is 10.6 Å². The van der Waals surface area contributed by atoms with Gasteiger partial charge in [0.15, 0.2) is 0 Å². The van der Waals surface area contributed by atoms with E-state index in [1.165, 1.54) is 12.1 Å². The molecular formula is C22H24FN3O3. The van der Waals surface area contributed by atoms with E-state index in [4.69, 9.17) is 0 Å². The predicted octanol–water partition coefficient (Wildman–Crippen LogP) is 3.03. The van der Waals surface area contributed by atoms with Gasteiger partial charge < -0.3 is 10.6 Å². The van der Waals surface area contributed by atoms with Crippen LogP contribution in [0.15, 0.2) is 48.5 Å². The van der Waals surface area contributed by atoms with Gasteiger partial charge in [0.25, 0.3) is 5.91 Å². The standard InChI is InChI=1S/C22H24FN3O3/c1-14(2)16-6-8-17(9-7-16)22(3)20(28)26(21(29)25-22)13-19(27)24-12-15-4-10-18(23)11-5-15/h4-11,14H,12-13H2,1-3H3,(H,24,27)(H,25,29)/t22-/m0/s1. The molecule has 6 nitrogen and oxygen atoms in total. The first-order chi connectivity index (χ1) is 13.7. The molecule has 0 unspecified atom stereocenters. The third kappa shape index (κ3) is 4.29. The van der Waals surface area contributed by atoms with Crippen LogP contribution in [-0.4, -0.2) is 29.3 Å². The fraction of sp³-hybridized carbons (Fsp3) is 0.318. The summed E-state index contributed by atoms with van der Waals surface area (Å²) in [6.07, 6.45) is 0. The molecule has 3 rings (SSSR count). The molecule has 1 saturated heterocycles. The van der Waals surface area contributed by atoms with Gasteiger partial charge in [-0.2, -0.15) is 0 Å². The summed E-state index contributed by atoms with van der Waals surface area (Å²) in [4.78, 5) is 38.4. The maximum atomic E-state index is 12.9. The lowest BCUT2D eigenvalue weighted by Gasteiger charge is -2.22. The van der Waals surface area contributed by atoms with Crippen molar-refractivity contribution in [2.75, 3.05) is 6.54 Å². The van der Waals surface area contributed by atoms with Gasteiger partial charge in [-0.15, -0.1) is 0 Å². The molecule has 2 aromatic carbocycles. The monoisotopic (exact) mass is 397 g/mol. The first kappa shape index (κ1) is 20.5. The van der Waals surface area contributed by atoms with E-state index in [9.17, 15) is 18.8 Å². The largest absolute Gasteiger partial charge is 0.350 e. The SMILES string of the molecule is CC(C)c1ccc([C@]2(C)NC(=O)N(CC(=O)NCc3ccc(F)cc3)C2=O)cc1. The first-order valence-electron chi connectivity index (χ1n) is 9.46. The van der Waals surface area contributed by atoms with E-state index in [1.807, 2.05) is 24.3 Å². The number of nitrogens with zero attached hydrogens (tertiary/aromatic N) is 1. The Morgan fingerprint density at radius 3 is 2.31 bits per heavy atom. The van der Waals surface area contributed by atoms with Gasteiger partial charge in [0, 0.05) is 6.54 Å². The lowest BCUT2D eigenvalue weighted by atomic mass is 9.90.